The SMILES string of the molecule is CC(C)(C)OC(=O)N(Cc1ccccn1)CN(c1ccccc1)c1cccc(Cl)n1. The lowest BCUT2D eigenvalue weighted by molar-refractivity contribution is 0.0236. The highest BCUT2D eigenvalue weighted by Gasteiger charge is 2.25. The Morgan fingerprint density at radius 3 is 2.37 bits per heavy atom. The molecule has 6 nitrogen and oxygen atoms in total. The molecule has 0 saturated heterocycles. The lowest BCUT2D eigenvalue weighted by Gasteiger charge is -2.32. The van der Waals surface area contributed by atoms with Crippen molar-refractivity contribution in [3.8, 4) is 0 Å². The van der Waals surface area contributed by atoms with Crippen molar-refractivity contribution in [2.75, 3.05) is 11.6 Å². The molecule has 0 spiro atoms. The molecule has 2 aromatic heterocycles. The Morgan fingerprint density at radius 1 is 1.00 bits per heavy atom. The zero-order chi connectivity index (χ0) is 21.6. The molecule has 0 aliphatic heterocycles. The van der Waals surface area contributed by atoms with Gasteiger partial charge in [-0.1, -0.05) is 41.9 Å². The predicted molar refractivity (Wildman–Crippen MR) is 119 cm³/mol. The number of aromatic nitrogens is 2. The molecule has 0 N–H and O–H groups in total. The number of carbonyl (C=O) groups is 1. The number of amides is 1. The minimum Gasteiger partial charge on any atom is -0.444 e. The molecule has 7 heteroatoms. The topological polar surface area (TPSA) is 58.6 Å². The third kappa shape index (κ3) is 6.19. The summed E-state index contributed by atoms with van der Waals surface area (Å²) >= 11 is 6.14. The molecule has 156 valence electrons. The first-order chi connectivity index (χ1) is 14.3. The molecule has 3 rings (SSSR count). The first-order valence-electron chi connectivity index (χ1n) is 9.65. The standard InChI is InChI=1S/C23H25ClN4O2/c1-23(2,3)30-22(29)27(16-18-10-7-8-15-25-18)17-28(19-11-5-4-6-12-19)21-14-9-13-20(24)26-21/h4-15H,16-17H2,1-3H3. The average Bonchev–Trinajstić information content (AvgIpc) is 2.71. The van der Waals surface area contributed by atoms with Crippen LogP contribution in [0.3, 0.4) is 0 Å². The van der Waals surface area contributed by atoms with Crippen LogP contribution < -0.4 is 4.90 Å². The lowest BCUT2D eigenvalue weighted by Crippen LogP contribution is -2.42. The van der Waals surface area contributed by atoms with Gasteiger partial charge in [0.05, 0.1) is 12.2 Å². The second kappa shape index (κ2) is 9.59. The van der Waals surface area contributed by atoms with Crippen LogP contribution in [0.5, 0.6) is 0 Å². The highest BCUT2D eigenvalue weighted by atomic mass is 35.5. The Kier molecular flexibility index (Phi) is 6.90. The van der Waals surface area contributed by atoms with Crippen molar-refractivity contribution in [1.29, 1.82) is 0 Å². The van der Waals surface area contributed by atoms with Crippen LogP contribution in [0, 0.1) is 0 Å². The van der Waals surface area contributed by atoms with Crippen LogP contribution in [0.1, 0.15) is 26.5 Å². The van der Waals surface area contributed by atoms with E-state index in [9.17, 15) is 4.79 Å². The van der Waals surface area contributed by atoms with Crippen LogP contribution in [0.4, 0.5) is 16.3 Å². The number of anilines is 2. The molecule has 0 bridgehead atoms. The van der Waals surface area contributed by atoms with Crippen LogP contribution in [-0.2, 0) is 11.3 Å². The first kappa shape index (κ1) is 21.6. The number of carbonyl (C=O) groups excluding carboxylic acids is 1. The smallest absolute Gasteiger partial charge is 0.412 e. The zero-order valence-electron chi connectivity index (χ0n) is 17.3. The summed E-state index contributed by atoms with van der Waals surface area (Å²) in [5.74, 6) is 0.628. The maximum atomic E-state index is 13.0. The molecule has 2 heterocycles. The Bertz CT molecular complexity index is 962. The van der Waals surface area contributed by atoms with Crippen LogP contribution in [0.15, 0.2) is 72.9 Å². The first-order valence-corrected chi connectivity index (χ1v) is 10.0. The highest BCUT2D eigenvalue weighted by molar-refractivity contribution is 6.29. The summed E-state index contributed by atoms with van der Waals surface area (Å²) in [6.45, 7) is 6.04. The summed E-state index contributed by atoms with van der Waals surface area (Å²) in [5, 5.41) is 0.377. The number of benzene rings is 1. The van der Waals surface area contributed by atoms with Gasteiger partial charge in [-0.05, 0) is 57.2 Å². The fourth-order valence-corrected chi connectivity index (χ4v) is 2.96. The Balaban J connectivity index is 1.95. The van der Waals surface area contributed by atoms with Gasteiger partial charge in [0.1, 0.15) is 23.2 Å². The van der Waals surface area contributed by atoms with E-state index in [2.05, 4.69) is 9.97 Å². The largest absolute Gasteiger partial charge is 0.444 e. The Labute approximate surface area is 182 Å². The van der Waals surface area contributed by atoms with E-state index in [1.165, 1.54) is 0 Å². The molecule has 0 fully saturated rings. The van der Waals surface area contributed by atoms with Gasteiger partial charge in [0, 0.05) is 11.9 Å². The zero-order valence-corrected chi connectivity index (χ0v) is 18.1. The minimum atomic E-state index is -0.620. The van der Waals surface area contributed by atoms with Gasteiger partial charge in [-0.2, -0.15) is 0 Å². The maximum absolute atomic E-state index is 13.0. The molecular weight excluding hydrogens is 400 g/mol. The molecule has 30 heavy (non-hydrogen) atoms. The highest BCUT2D eigenvalue weighted by Crippen LogP contribution is 2.26. The van der Waals surface area contributed by atoms with E-state index in [0.717, 1.165) is 11.4 Å². The Morgan fingerprint density at radius 2 is 1.73 bits per heavy atom. The number of hydrogen-bond acceptors (Lipinski definition) is 5. The second-order valence-electron chi connectivity index (χ2n) is 7.72. The molecule has 1 aromatic carbocycles. The predicted octanol–water partition coefficient (Wildman–Crippen LogP) is 5.66. The molecule has 0 aliphatic carbocycles. The van der Waals surface area contributed by atoms with Crippen molar-refractivity contribution in [2.45, 2.75) is 32.9 Å². The summed E-state index contributed by atoms with van der Waals surface area (Å²) in [4.78, 5) is 25.3. The summed E-state index contributed by atoms with van der Waals surface area (Å²) in [7, 11) is 0. The van der Waals surface area contributed by atoms with Gasteiger partial charge in [0.2, 0.25) is 0 Å². The van der Waals surface area contributed by atoms with Crippen molar-refractivity contribution in [3.63, 3.8) is 0 Å². The number of halogens is 1. The van der Waals surface area contributed by atoms with Crippen molar-refractivity contribution >= 4 is 29.2 Å². The number of hydrogen-bond donors (Lipinski definition) is 0. The molecule has 1 amide bonds. The summed E-state index contributed by atoms with van der Waals surface area (Å²) < 4.78 is 5.65. The van der Waals surface area contributed by atoms with E-state index in [1.807, 2.05) is 86.3 Å². The molecule has 3 aromatic rings. The molecular formula is C23H25ClN4O2. The number of ether oxygens (including phenoxy) is 1. The lowest BCUT2D eigenvalue weighted by atomic mass is 10.2. The number of para-hydroxylation sites is 1. The van der Waals surface area contributed by atoms with Gasteiger partial charge in [0.15, 0.2) is 0 Å². The summed E-state index contributed by atoms with van der Waals surface area (Å²) in [6.07, 6.45) is 1.27. The van der Waals surface area contributed by atoms with E-state index in [4.69, 9.17) is 16.3 Å². The average molecular weight is 425 g/mol. The van der Waals surface area contributed by atoms with Crippen LogP contribution in [0.25, 0.3) is 0 Å². The van der Waals surface area contributed by atoms with Crippen LogP contribution in [-0.4, -0.2) is 33.2 Å². The van der Waals surface area contributed by atoms with E-state index in [-0.39, 0.29) is 6.67 Å². The Hall–Kier alpha value is -3.12. The van der Waals surface area contributed by atoms with Gasteiger partial charge < -0.3 is 9.64 Å². The summed E-state index contributed by atoms with van der Waals surface area (Å²) in [6, 6.07) is 20.7. The van der Waals surface area contributed by atoms with Crippen molar-refractivity contribution < 1.29 is 9.53 Å². The fourth-order valence-electron chi connectivity index (χ4n) is 2.80. The van der Waals surface area contributed by atoms with Crippen LogP contribution >= 0.6 is 11.6 Å². The van der Waals surface area contributed by atoms with E-state index < -0.39 is 11.7 Å². The van der Waals surface area contributed by atoms with Gasteiger partial charge in [-0.3, -0.25) is 9.88 Å². The molecule has 0 atom stereocenters. The number of rotatable bonds is 6. The second-order valence-corrected chi connectivity index (χ2v) is 8.11. The van der Waals surface area contributed by atoms with E-state index in [0.29, 0.717) is 17.5 Å². The van der Waals surface area contributed by atoms with Crippen molar-refractivity contribution in [3.05, 3.63) is 83.8 Å². The van der Waals surface area contributed by atoms with Gasteiger partial charge in [-0.25, -0.2) is 9.78 Å². The van der Waals surface area contributed by atoms with E-state index in [1.54, 1.807) is 17.2 Å². The maximum Gasteiger partial charge on any atom is 0.412 e. The van der Waals surface area contributed by atoms with Crippen LogP contribution in [0.2, 0.25) is 5.15 Å². The third-order valence-electron chi connectivity index (χ3n) is 4.09. The van der Waals surface area contributed by atoms with Crippen molar-refractivity contribution in [2.24, 2.45) is 0 Å². The normalized spacial score (nSPS) is 11.1. The van der Waals surface area contributed by atoms with E-state index >= 15 is 0 Å². The molecule has 0 unspecified atom stereocenters. The van der Waals surface area contributed by atoms with Gasteiger partial charge in [-0.15, -0.1) is 0 Å². The van der Waals surface area contributed by atoms with Gasteiger partial charge in [0.25, 0.3) is 0 Å². The molecule has 0 radical (unpaired) electrons. The molecule has 0 aliphatic rings. The minimum absolute atomic E-state index is 0.211. The number of nitrogens with zero attached hydrogens (tertiary/aromatic N) is 4. The number of pyridine rings is 2. The quantitative estimate of drug-likeness (QED) is 0.377. The fraction of sp³-hybridized carbons (Fsp3) is 0.261. The molecule has 0 saturated carbocycles. The van der Waals surface area contributed by atoms with Gasteiger partial charge >= 0.3 is 6.09 Å². The summed E-state index contributed by atoms with van der Waals surface area (Å²) in [5.41, 5.74) is 1.02. The monoisotopic (exact) mass is 424 g/mol. The van der Waals surface area contributed by atoms with Crippen molar-refractivity contribution in [1.82, 2.24) is 14.9 Å². The third-order valence-corrected chi connectivity index (χ3v) is 4.30.